The number of aliphatic hydroxyl groups excluding tert-OH is 2. The number of hydrogen-bond acceptors (Lipinski definition) is 5. The molecule has 0 amide bonds. The van der Waals surface area contributed by atoms with Crippen LogP contribution in [0.4, 0.5) is 0 Å². The average molecular weight is 387 g/mol. The fourth-order valence-corrected chi connectivity index (χ4v) is 3.69. The molecular formula is C15H15BrO5S. The summed E-state index contributed by atoms with van der Waals surface area (Å²) in [6.07, 6.45) is -0.986. The standard InChI is InChI=1S/C15H15BrO5S/c16-14-8-13(6-7-15(14)21-10-11(18)9-17)22(19,20)12-4-2-1-3-5-12/h1-8,11,17-18H,9-10H2. The third kappa shape index (κ3) is 3.86. The lowest BCUT2D eigenvalue weighted by Gasteiger charge is -2.12. The van der Waals surface area contributed by atoms with E-state index in [1.165, 1.54) is 30.3 Å². The van der Waals surface area contributed by atoms with Gasteiger partial charge in [-0.15, -0.1) is 0 Å². The molecule has 0 spiro atoms. The molecule has 7 heteroatoms. The summed E-state index contributed by atoms with van der Waals surface area (Å²) >= 11 is 3.25. The first-order valence-electron chi connectivity index (χ1n) is 6.46. The Morgan fingerprint density at radius 1 is 1.09 bits per heavy atom. The lowest BCUT2D eigenvalue weighted by molar-refractivity contribution is 0.0533. The largest absolute Gasteiger partial charge is 0.490 e. The molecule has 2 aromatic carbocycles. The SMILES string of the molecule is O=S(=O)(c1ccccc1)c1ccc(OCC(O)CO)c(Br)c1. The molecule has 118 valence electrons. The van der Waals surface area contributed by atoms with E-state index in [-0.39, 0.29) is 16.4 Å². The molecule has 0 aliphatic rings. The predicted octanol–water partition coefficient (Wildman–Crippen LogP) is 2.01. The Morgan fingerprint density at radius 3 is 2.36 bits per heavy atom. The second-order valence-electron chi connectivity index (χ2n) is 4.56. The molecule has 0 saturated carbocycles. The minimum atomic E-state index is -3.59. The minimum absolute atomic E-state index is 0.0835. The van der Waals surface area contributed by atoms with E-state index >= 15 is 0 Å². The molecule has 0 radical (unpaired) electrons. The number of sulfone groups is 1. The second-order valence-corrected chi connectivity index (χ2v) is 7.36. The van der Waals surface area contributed by atoms with Crippen LogP contribution >= 0.6 is 15.9 Å². The highest BCUT2D eigenvalue weighted by molar-refractivity contribution is 9.10. The lowest BCUT2D eigenvalue weighted by Crippen LogP contribution is -2.21. The first-order chi connectivity index (χ1) is 10.4. The molecule has 2 N–H and O–H groups in total. The van der Waals surface area contributed by atoms with E-state index in [9.17, 15) is 13.5 Å². The van der Waals surface area contributed by atoms with Gasteiger partial charge in [-0.1, -0.05) is 18.2 Å². The van der Waals surface area contributed by atoms with Crippen molar-refractivity contribution in [3.8, 4) is 5.75 Å². The van der Waals surface area contributed by atoms with E-state index in [4.69, 9.17) is 9.84 Å². The van der Waals surface area contributed by atoms with Crippen LogP contribution in [0.1, 0.15) is 0 Å². The Morgan fingerprint density at radius 2 is 1.77 bits per heavy atom. The van der Waals surface area contributed by atoms with Crippen molar-refractivity contribution in [1.82, 2.24) is 0 Å². The van der Waals surface area contributed by atoms with E-state index in [1.807, 2.05) is 0 Å². The molecule has 1 unspecified atom stereocenters. The zero-order chi connectivity index (χ0) is 16.2. The number of halogens is 1. The number of aliphatic hydroxyl groups is 2. The second kappa shape index (κ2) is 7.23. The van der Waals surface area contributed by atoms with Crippen LogP contribution in [0.15, 0.2) is 62.8 Å². The van der Waals surface area contributed by atoms with Crippen LogP contribution in [0.3, 0.4) is 0 Å². The van der Waals surface area contributed by atoms with Gasteiger partial charge in [-0.05, 0) is 46.3 Å². The van der Waals surface area contributed by atoms with E-state index in [0.29, 0.717) is 10.2 Å². The lowest BCUT2D eigenvalue weighted by atomic mass is 10.3. The van der Waals surface area contributed by atoms with Crippen LogP contribution in [-0.4, -0.2) is 37.9 Å². The molecule has 2 aromatic rings. The van der Waals surface area contributed by atoms with E-state index < -0.39 is 22.5 Å². The highest BCUT2D eigenvalue weighted by atomic mass is 79.9. The molecule has 2 rings (SSSR count). The zero-order valence-corrected chi connectivity index (χ0v) is 13.9. The maximum Gasteiger partial charge on any atom is 0.206 e. The highest BCUT2D eigenvalue weighted by Crippen LogP contribution is 2.30. The molecule has 0 bridgehead atoms. The Balaban J connectivity index is 2.26. The first-order valence-corrected chi connectivity index (χ1v) is 8.74. The molecule has 0 aliphatic heterocycles. The zero-order valence-electron chi connectivity index (χ0n) is 11.5. The third-order valence-corrected chi connectivity index (χ3v) is 5.30. The Hall–Kier alpha value is -1.41. The van der Waals surface area contributed by atoms with Crippen molar-refractivity contribution >= 4 is 25.8 Å². The summed E-state index contributed by atoms with van der Waals surface area (Å²) in [4.78, 5) is 0.354. The van der Waals surface area contributed by atoms with Gasteiger partial charge in [0.25, 0.3) is 0 Å². The topological polar surface area (TPSA) is 83.8 Å². The predicted molar refractivity (Wildman–Crippen MR) is 84.6 cm³/mol. The molecule has 1 atom stereocenters. The number of ether oxygens (including phenoxy) is 1. The number of hydrogen-bond donors (Lipinski definition) is 2. The van der Waals surface area contributed by atoms with Gasteiger partial charge in [0, 0.05) is 0 Å². The van der Waals surface area contributed by atoms with Gasteiger partial charge in [0.15, 0.2) is 0 Å². The fraction of sp³-hybridized carbons (Fsp3) is 0.200. The van der Waals surface area contributed by atoms with E-state index in [0.717, 1.165) is 0 Å². The minimum Gasteiger partial charge on any atom is -0.490 e. The van der Waals surface area contributed by atoms with Crippen molar-refractivity contribution in [2.75, 3.05) is 13.2 Å². The molecule has 0 fully saturated rings. The van der Waals surface area contributed by atoms with Crippen LogP contribution in [0, 0.1) is 0 Å². The van der Waals surface area contributed by atoms with E-state index in [2.05, 4.69) is 15.9 Å². The maximum atomic E-state index is 12.5. The van der Waals surface area contributed by atoms with Crippen molar-refractivity contribution in [2.24, 2.45) is 0 Å². The van der Waals surface area contributed by atoms with Crippen molar-refractivity contribution in [3.05, 3.63) is 53.0 Å². The normalized spacial score (nSPS) is 12.9. The van der Waals surface area contributed by atoms with Crippen molar-refractivity contribution in [2.45, 2.75) is 15.9 Å². The molecular weight excluding hydrogens is 372 g/mol. The van der Waals surface area contributed by atoms with Crippen molar-refractivity contribution in [3.63, 3.8) is 0 Å². The van der Waals surface area contributed by atoms with Gasteiger partial charge in [0.1, 0.15) is 18.5 Å². The molecule has 5 nitrogen and oxygen atoms in total. The molecule has 0 aliphatic carbocycles. The van der Waals surface area contributed by atoms with Gasteiger partial charge in [0.2, 0.25) is 9.84 Å². The van der Waals surface area contributed by atoms with Crippen molar-refractivity contribution in [1.29, 1.82) is 0 Å². The van der Waals surface area contributed by atoms with Gasteiger partial charge in [-0.3, -0.25) is 0 Å². The molecule has 22 heavy (non-hydrogen) atoms. The van der Waals surface area contributed by atoms with Gasteiger partial charge >= 0.3 is 0 Å². The summed E-state index contributed by atoms with van der Waals surface area (Å²) in [6, 6.07) is 12.5. The smallest absolute Gasteiger partial charge is 0.206 e. The number of rotatable bonds is 6. The third-order valence-electron chi connectivity index (χ3n) is 2.91. The van der Waals surface area contributed by atoms with Gasteiger partial charge in [0.05, 0.1) is 20.9 Å². The fourth-order valence-electron chi connectivity index (χ4n) is 1.74. The maximum absolute atomic E-state index is 12.5. The Kier molecular flexibility index (Phi) is 5.57. The molecule has 0 heterocycles. The summed E-state index contributed by atoms with van der Waals surface area (Å²) in [5.41, 5.74) is 0. The Bertz CT molecular complexity index is 731. The van der Waals surface area contributed by atoms with Crippen LogP contribution < -0.4 is 4.74 Å². The van der Waals surface area contributed by atoms with Gasteiger partial charge in [-0.25, -0.2) is 8.42 Å². The van der Waals surface area contributed by atoms with Crippen LogP contribution in [0.25, 0.3) is 0 Å². The molecule has 0 aromatic heterocycles. The quantitative estimate of drug-likeness (QED) is 0.793. The van der Waals surface area contributed by atoms with Crippen molar-refractivity contribution < 1.29 is 23.4 Å². The molecule has 0 saturated heterocycles. The highest BCUT2D eigenvalue weighted by Gasteiger charge is 2.18. The first kappa shape index (κ1) is 17.0. The van der Waals surface area contributed by atoms with E-state index in [1.54, 1.807) is 18.2 Å². The van der Waals surface area contributed by atoms with Gasteiger partial charge < -0.3 is 14.9 Å². The monoisotopic (exact) mass is 386 g/mol. The van der Waals surface area contributed by atoms with Crippen LogP contribution in [0.2, 0.25) is 0 Å². The number of benzene rings is 2. The summed E-state index contributed by atoms with van der Waals surface area (Å²) < 4.78 is 30.7. The van der Waals surface area contributed by atoms with Crippen LogP contribution in [-0.2, 0) is 9.84 Å². The van der Waals surface area contributed by atoms with Crippen LogP contribution in [0.5, 0.6) is 5.75 Å². The average Bonchev–Trinajstić information content (AvgIpc) is 2.54. The van der Waals surface area contributed by atoms with Gasteiger partial charge in [-0.2, -0.15) is 0 Å². The summed E-state index contributed by atoms with van der Waals surface area (Å²) in [5.74, 6) is 0.388. The summed E-state index contributed by atoms with van der Waals surface area (Å²) in [5, 5.41) is 18.0. The summed E-state index contributed by atoms with van der Waals surface area (Å²) in [7, 11) is -3.59. The Labute approximate surface area is 137 Å². The summed E-state index contributed by atoms with van der Waals surface area (Å²) in [6.45, 7) is -0.488.